The Kier molecular flexibility index (Phi) is 7.51. The van der Waals surface area contributed by atoms with Crippen LogP contribution in [0.4, 0.5) is 0 Å². The third-order valence-corrected chi connectivity index (χ3v) is 3.19. The number of amides is 1. The lowest BCUT2D eigenvalue weighted by atomic mass is 10.1. The van der Waals surface area contributed by atoms with Crippen molar-refractivity contribution < 1.29 is 14.3 Å². The van der Waals surface area contributed by atoms with Crippen LogP contribution in [0.25, 0.3) is 0 Å². The van der Waals surface area contributed by atoms with E-state index in [0.29, 0.717) is 11.3 Å². The van der Waals surface area contributed by atoms with E-state index in [9.17, 15) is 9.59 Å². The van der Waals surface area contributed by atoms with E-state index in [1.165, 1.54) is 6.92 Å². The first-order valence-corrected chi connectivity index (χ1v) is 7.66. The summed E-state index contributed by atoms with van der Waals surface area (Å²) in [5.74, 6) is 0.0404. The third-order valence-electron chi connectivity index (χ3n) is 3.19. The number of nitrogens with zero attached hydrogens (tertiary/aromatic N) is 1. The van der Waals surface area contributed by atoms with E-state index in [4.69, 9.17) is 4.74 Å². The number of ether oxygens (including phenoxy) is 1. The van der Waals surface area contributed by atoms with Crippen molar-refractivity contribution >= 4 is 11.9 Å². The number of hydrogen-bond acceptors (Lipinski definition) is 3. The maximum absolute atomic E-state index is 12.6. The third kappa shape index (κ3) is 5.98. The molecule has 1 rings (SSSR count). The van der Waals surface area contributed by atoms with E-state index < -0.39 is 0 Å². The van der Waals surface area contributed by atoms with Crippen LogP contribution < -0.4 is 4.74 Å². The molecule has 1 amide bonds. The monoisotopic (exact) mass is 291 g/mol. The van der Waals surface area contributed by atoms with Crippen LogP contribution in [0.2, 0.25) is 0 Å². The summed E-state index contributed by atoms with van der Waals surface area (Å²) in [6.45, 7) is 7.12. The minimum absolute atomic E-state index is 0.00546. The average Bonchev–Trinajstić information content (AvgIpc) is 2.46. The topological polar surface area (TPSA) is 46.6 Å². The number of carbonyl (C=O) groups excluding carboxylic acids is 2. The first-order valence-electron chi connectivity index (χ1n) is 7.66. The van der Waals surface area contributed by atoms with Crippen LogP contribution in [0.1, 0.15) is 56.8 Å². The molecule has 0 aliphatic rings. The minimum atomic E-state index is -0.381. The number of carbonyl (C=O) groups is 2. The fourth-order valence-electron chi connectivity index (χ4n) is 2.05. The van der Waals surface area contributed by atoms with Gasteiger partial charge in [-0.05, 0) is 31.0 Å². The van der Waals surface area contributed by atoms with Crippen LogP contribution in [0.3, 0.4) is 0 Å². The summed E-state index contributed by atoms with van der Waals surface area (Å²) in [5.41, 5.74) is 0.570. The number of hydrogen-bond donors (Lipinski definition) is 0. The molecule has 4 nitrogen and oxygen atoms in total. The Morgan fingerprint density at radius 1 is 1.10 bits per heavy atom. The van der Waals surface area contributed by atoms with Gasteiger partial charge in [0.05, 0.1) is 0 Å². The van der Waals surface area contributed by atoms with E-state index in [1.807, 2.05) is 4.90 Å². The fraction of sp³-hybridized carbons (Fsp3) is 0.529. The lowest BCUT2D eigenvalue weighted by Gasteiger charge is -2.22. The van der Waals surface area contributed by atoms with Crippen molar-refractivity contribution in [2.45, 2.75) is 46.5 Å². The maximum Gasteiger partial charge on any atom is 0.308 e. The second kappa shape index (κ2) is 9.16. The van der Waals surface area contributed by atoms with Crippen LogP contribution in [-0.4, -0.2) is 29.9 Å². The van der Waals surface area contributed by atoms with Crippen LogP contribution in [0.5, 0.6) is 5.75 Å². The van der Waals surface area contributed by atoms with Gasteiger partial charge in [-0.2, -0.15) is 0 Å². The molecule has 0 heterocycles. The van der Waals surface area contributed by atoms with Crippen LogP contribution in [0.15, 0.2) is 24.3 Å². The molecule has 0 atom stereocenters. The summed E-state index contributed by atoms with van der Waals surface area (Å²) in [6, 6.07) is 6.82. The zero-order valence-electron chi connectivity index (χ0n) is 13.2. The fourth-order valence-corrected chi connectivity index (χ4v) is 2.05. The van der Waals surface area contributed by atoms with Gasteiger partial charge in [-0.3, -0.25) is 9.59 Å². The Hall–Kier alpha value is -1.84. The predicted octanol–water partition coefficient (Wildman–Crippen LogP) is 3.65. The minimum Gasteiger partial charge on any atom is -0.427 e. The van der Waals surface area contributed by atoms with Gasteiger partial charge in [0.15, 0.2) is 0 Å². The second-order valence-corrected chi connectivity index (χ2v) is 5.12. The summed E-state index contributed by atoms with van der Waals surface area (Å²) in [4.78, 5) is 25.5. The van der Waals surface area contributed by atoms with Gasteiger partial charge in [-0.15, -0.1) is 0 Å². The molecule has 0 saturated carbocycles. The lowest BCUT2D eigenvalue weighted by molar-refractivity contribution is -0.131. The molecule has 0 fully saturated rings. The van der Waals surface area contributed by atoms with Gasteiger partial charge in [0.1, 0.15) is 5.75 Å². The van der Waals surface area contributed by atoms with Gasteiger partial charge in [-0.1, -0.05) is 32.8 Å². The smallest absolute Gasteiger partial charge is 0.308 e. The number of unbranched alkanes of at least 4 members (excludes halogenated alkanes) is 2. The zero-order valence-corrected chi connectivity index (χ0v) is 13.2. The highest BCUT2D eigenvalue weighted by Crippen LogP contribution is 2.16. The Bertz CT molecular complexity index is 463. The van der Waals surface area contributed by atoms with Crippen molar-refractivity contribution in [3.8, 4) is 5.75 Å². The molecule has 1 aromatic carbocycles. The van der Waals surface area contributed by atoms with Crippen molar-refractivity contribution in [3.63, 3.8) is 0 Å². The highest BCUT2D eigenvalue weighted by Gasteiger charge is 2.15. The first kappa shape index (κ1) is 17.2. The lowest BCUT2D eigenvalue weighted by Crippen LogP contribution is -2.32. The molecule has 0 N–H and O–H groups in total. The molecular weight excluding hydrogens is 266 g/mol. The molecule has 0 bridgehead atoms. The number of benzene rings is 1. The van der Waals surface area contributed by atoms with Crippen molar-refractivity contribution in [1.29, 1.82) is 0 Å². The molecule has 0 unspecified atom stereocenters. The van der Waals surface area contributed by atoms with Gasteiger partial charge in [0.25, 0.3) is 5.91 Å². The summed E-state index contributed by atoms with van der Waals surface area (Å²) < 4.78 is 5.04. The molecule has 0 spiro atoms. The van der Waals surface area contributed by atoms with E-state index >= 15 is 0 Å². The molecule has 21 heavy (non-hydrogen) atoms. The van der Waals surface area contributed by atoms with Gasteiger partial charge in [0.2, 0.25) is 0 Å². The Morgan fingerprint density at radius 3 is 2.24 bits per heavy atom. The van der Waals surface area contributed by atoms with Gasteiger partial charge >= 0.3 is 5.97 Å². The average molecular weight is 291 g/mol. The van der Waals surface area contributed by atoms with E-state index in [1.54, 1.807) is 24.3 Å². The molecule has 0 aliphatic heterocycles. The first-order chi connectivity index (χ1) is 10.1. The Labute approximate surface area is 127 Å². The summed E-state index contributed by atoms with van der Waals surface area (Å²) in [6.07, 6.45) is 4.12. The Morgan fingerprint density at radius 2 is 1.71 bits per heavy atom. The molecule has 0 aromatic heterocycles. The molecule has 0 saturated heterocycles. The van der Waals surface area contributed by atoms with Crippen molar-refractivity contribution in [3.05, 3.63) is 29.8 Å². The van der Waals surface area contributed by atoms with Gasteiger partial charge < -0.3 is 9.64 Å². The maximum atomic E-state index is 12.6. The molecule has 0 radical (unpaired) electrons. The molecular formula is C17H25NO3. The molecule has 0 aliphatic carbocycles. The highest BCUT2D eigenvalue weighted by atomic mass is 16.5. The standard InChI is InChI=1S/C17H25NO3/c1-4-6-11-18(12-7-5-2)17(20)15-9-8-10-16(13-15)21-14(3)19/h8-10,13H,4-7,11-12H2,1-3H3. The second-order valence-electron chi connectivity index (χ2n) is 5.12. The van der Waals surface area contributed by atoms with Crippen LogP contribution in [0, 0.1) is 0 Å². The number of esters is 1. The van der Waals surface area contributed by atoms with Crippen molar-refractivity contribution in [2.75, 3.05) is 13.1 Å². The number of rotatable bonds is 8. The van der Waals surface area contributed by atoms with Crippen molar-refractivity contribution in [1.82, 2.24) is 4.90 Å². The molecule has 1 aromatic rings. The van der Waals surface area contributed by atoms with Gasteiger partial charge in [0, 0.05) is 25.6 Å². The predicted molar refractivity (Wildman–Crippen MR) is 83.5 cm³/mol. The summed E-state index contributed by atoms with van der Waals surface area (Å²) in [5, 5.41) is 0. The van der Waals surface area contributed by atoms with Crippen molar-refractivity contribution in [2.24, 2.45) is 0 Å². The zero-order chi connectivity index (χ0) is 15.7. The summed E-state index contributed by atoms with van der Waals surface area (Å²) in [7, 11) is 0. The highest BCUT2D eigenvalue weighted by molar-refractivity contribution is 5.94. The SMILES string of the molecule is CCCCN(CCCC)C(=O)c1cccc(OC(C)=O)c1. The normalized spacial score (nSPS) is 10.2. The van der Waals surface area contributed by atoms with Crippen LogP contribution >= 0.6 is 0 Å². The molecule has 116 valence electrons. The van der Waals surface area contributed by atoms with Crippen LogP contribution in [-0.2, 0) is 4.79 Å². The van der Waals surface area contributed by atoms with Gasteiger partial charge in [-0.25, -0.2) is 0 Å². The quantitative estimate of drug-likeness (QED) is 0.542. The van der Waals surface area contributed by atoms with E-state index in [2.05, 4.69) is 13.8 Å². The van der Waals surface area contributed by atoms with E-state index in [-0.39, 0.29) is 11.9 Å². The van der Waals surface area contributed by atoms with E-state index in [0.717, 1.165) is 38.8 Å². The largest absolute Gasteiger partial charge is 0.427 e. The Balaban J connectivity index is 2.83. The molecule has 4 heteroatoms. The summed E-state index contributed by atoms with van der Waals surface area (Å²) >= 11 is 0.